The van der Waals surface area contributed by atoms with Crippen LogP contribution in [0.2, 0.25) is 0 Å². The van der Waals surface area contributed by atoms with Crippen LogP contribution in [0.15, 0.2) is 33.5 Å². The van der Waals surface area contributed by atoms with E-state index in [4.69, 9.17) is 13.9 Å². The standard InChI is InChI=1S/C21H20O13/c22-5-12-15(27)17(29)19(31)21(34-12)33-11-2-6(1-9(25)14(11)26)20-18(30)16(28)13-8(24)3-7(23)4-10(13)32-20/h1-4,12,15,17,19,21-27,29-31H,5H2/t12-,15-,17+,19-,21+/m1/s1. The second kappa shape index (κ2) is 8.55. The van der Waals surface area contributed by atoms with Crippen molar-refractivity contribution in [2.45, 2.75) is 30.7 Å². The molecule has 13 heteroatoms. The Balaban J connectivity index is 1.79. The van der Waals surface area contributed by atoms with Gasteiger partial charge in [0.25, 0.3) is 0 Å². The molecule has 34 heavy (non-hydrogen) atoms. The van der Waals surface area contributed by atoms with Crippen LogP contribution >= 0.6 is 0 Å². The van der Waals surface area contributed by atoms with Crippen LogP contribution in [0.3, 0.4) is 0 Å². The van der Waals surface area contributed by atoms with Gasteiger partial charge < -0.3 is 59.8 Å². The highest BCUT2D eigenvalue weighted by Gasteiger charge is 2.45. The van der Waals surface area contributed by atoms with Crippen molar-refractivity contribution in [2.24, 2.45) is 0 Å². The van der Waals surface area contributed by atoms with Crippen LogP contribution in [-0.2, 0) is 4.74 Å². The summed E-state index contributed by atoms with van der Waals surface area (Å²) in [5.74, 6) is -4.80. The molecule has 1 saturated heterocycles. The Morgan fingerprint density at radius 3 is 2.24 bits per heavy atom. The molecule has 0 bridgehead atoms. The average molecular weight is 480 g/mol. The summed E-state index contributed by atoms with van der Waals surface area (Å²) in [4.78, 5) is 12.6. The maximum Gasteiger partial charge on any atom is 0.238 e. The van der Waals surface area contributed by atoms with Crippen molar-refractivity contribution in [3.63, 3.8) is 0 Å². The number of benzene rings is 2. The molecule has 182 valence electrons. The van der Waals surface area contributed by atoms with E-state index in [1.807, 2.05) is 0 Å². The van der Waals surface area contributed by atoms with E-state index < -0.39 is 88.4 Å². The molecule has 5 atom stereocenters. The molecule has 0 spiro atoms. The van der Waals surface area contributed by atoms with E-state index in [0.717, 1.165) is 24.3 Å². The van der Waals surface area contributed by atoms with Crippen molar-refractivity contribution >= 4 is 11.0 Å². The number of hydrogen-bond acceptors (Lipinski definition) is 13. The van der Waals surface area contributed by atoms with Gasteiger partial charge in [0.05, 0.1) is 6.61 Å². The van der Waals surface area contributed by atoms with Gasteiger partial charge in [-0.2, -0.15) is 0 Å². The number of aliphatic hydroxyl groups is 4. The third kappa shape index (κ3) is 3.81. The third-order valence-electron chi connectivity index (χ3n) is 5.34. The predicted octanol–water partition coefficient (Wildman–Crippen LogP) is -0.833. The van der Waals surface area contributed by atoms with Crippen molar-refractivity contribution in [1.82, 2.24) is 0 Å². The fourth-order valence-electron chi connectivity index (χ4n) is 3.57. The second-order valence-corrected chi connectivity index (χ2v) is 7.60. The summed E-state index contributed by atoms with van der Waals surface area (Å²) in [5, 5.41) is 89.1. The molecular formula is C21H20O13. The molecule has 1 aliphatic heterocycles. The normalized spacial score (nSPS) is 24.9. The smallest absolute Gasteiger partial charge is 0.238 e. The largest absolute Gasteiger partial charge is 0.508 e. The van der Waals surface area contributed by atoms with Crippen LogP contribution in [0.25, 0.3) is 22.3 Å². The van der Waals surface area contributed by atoms with Gasteiger partial charge >= 0.3 is 0 Å². The summed E-state index contributed by atoms with van der Waals surface area (Å²) in [6.07, 6.45) is -8.31. The van der Waals surface area contributed by atoms with E-state index in [9.17, 15) is 50.8 Å². The number of phenols is 4. The molecule has 2 aromatic carbocycles. The van der Waals surface area contributed by atoms with Gasteiger partial charge in [0.15, 0.2) is 17.3 Å². The van der Waals surface area contributed by atoms with Gasteiger partial charge in [0, 0.05) is 17.7 Å². The van der Waals surface area contributed by atoms with E-state index >= 15 is 0 Å². The molecule has 13 nitrogen and oxygen atoms in total. The summed E-state index contributed by atoms with van der Waals surface area (Å²) in [6, 6.07) is 3.77. The Hall–Kier alpha value is -3.75. The van der Waals surface area contributed by atoms with Crippen molar-refractivity contribution in [1.29, 1.82) is 0 Å². The molecule has 9 N–H and O–H groups in total. The lowest BCUT2D eigenvalue weighted by Crippen LogP contribution is -2.60. The van der Waals surface area contributed by atoms with E-state index in [1.54, 1.807) is 0 Å². The molecule has 0 unspecified atom stereocenters. The Bertz CT molecular complexity index is 1300. The lowest BCUT2D eigenvalue weighted by molar-refractivity contribution is -0.277. The summed E-state index contributed by atoms with van der Waals surface area (Å²) >= 11 is 0. The van der Waals surface area contributed by atoms with Gasteiger partial charge in [0.1, 0.15) is 46.9 Å². The van der Waals surface area contributed by atoms with E-state index in [2.05, 4.69) is 0 Å². The van der Waals surface area contributed by atoms with Crippen molar-refractivity contribution in [3.05, 3.63) is 34.5 Å². The summed E-state index contributed by atoms with van der Waals surface area (Å²) in [6.45, 7) is -0.738. The minimum atomic E-state index is -1.83. The number of aromatic hydroxyl groups is 5. The molecular weight excluding hydrogens is 460 g/mol. The highest BCUT2D eigenvalue weighted by Crippen LogP contribution is 2.43. The van der Waals surface area contributed by atoms with Gasteiger partial charge in [0.2, 0.25) is 23.2 Å². The second-order valence-electron chi connectivity index (χ2n) is 7.60. The SMILES string of the molecule is O=c1c(O)c(-c2cc(O)c(O)c(O[C@H]3O[C@H](CO)[C@@H](O)[C@H](O)[C@H]3O)c2)oc2cc(O)cc(O)c12. The number of fused-ring (bicyclic) bond motifs is 1. The lowest BCUT2D eigenvalue weighted by Gasteiger charge is -2.39. The molecule has 0 saturated carbocycles. The summed E-state index contributed by atoms with van der Waals surface area (Å²) in [5.41, 5.74) is -1.58. The average Bonchev–Trinajstić information content (AvgIpc) is 2.78. The van der Waals surface area contributed by atoms with Crippen molar-refractivity contribution in [3.8, 4) is 45.8 Å². The van der Waals surface area contributed by atoms with Crippen molar-refractivity contribution in [2.75, 3.05) is 6.61 Å². The molecule has 1 aromatic heterocycles. The topological polar surface area (TPSA) is 231 Å². The molecule has 4 rings (SSSR count). The van der Waals surface area contributed by atoms with Crippen molar-refractivity contribution < 1.29 is 59.8 Å². The van der Waals surface area contributed by atoms with Gasteiger partial charge in [-0.05, 0) is 12.1 Å². The van der Waals surface area contributed by atoms with Crippen LogP contribution in [0.1, 0.15) is 0 Å². The van der Waals surface area contributed by atoms with Crippen LogP contribution in [0, 0.1) is 0 Å². The summed E-state index contributed by atoms with van der Waals surface area (Å²) < 4.78 is 16.0. The van der Waals surface area contributed by atoms with Gasteiger partial charge in [-0.25, -0.2) is 0 Å². The molecule has 3 aromatic rings. The third-order valence-corrected chi connectivity index (χ3v) is 5.34. The van der Waals surface area contributed by atoms with Crippen LogP contribution in [0.4, 0.5) is 0 Å². The van der Waals surface area contributed by atoms with Crippen LogP contribution < -0.4 is 10.2 Å². The van der Waals surface area contributed by atoms with Crippen LogP contribution in [0.5, 0.6) is 34.5 Å². The quantitative estimate of drug-likeness (QED) is 0.208. The highest BCUT2D eigenvalue weighted by atomic mass is 16.7. The first-order valence-electron chi connectivity index (χ1n) is 9.78. The first-order chi connectivity index (χ1) is 16.0. The van der Waals surface area contributed by atoms with E-state index in [1.165, 1.54) is 0 Å². The maximum atomic E-state index is 12.6. The minimum absolute atomic E-state index is 0.214. The van der Waals surface area contributed by atoms with Gasteiger partial charge in [-0.3, -0.25) is 4.79 Å². The molecule has 0 aliphatic carbocycles. The van der Waals surface area contributed by atoms with Gasteiger partial charge in [-0.1, -0.05) is 0 Å². The number of phenolic OH excluding ortho intramolecular Hbond substituents is 4. The lowest BCUT2D eigenvalue weighted by atomic mass is 9.99. The fraction of sp³-hybridized carbons (Fsp3) is 0.286. The molecule has 1 fully saturated rings. The number of aliphatic hydroxyl groups excluding tert-OH is 4. The molecule has 0 radical (unpaired) electrons. The van der Waals surface area contributed by atoms with Crippen LogP contribution in [-0.4, -0.2) is 83.3 Å². The Kier molecular flexibility index (Phi) is 5.89. The number of rotatable bonds is 4. The fourth-order valence-corrected chi connectivity index (χ4v) is 3.57. The monoisotopic (exact) mass is 480 g/mol. The highest BCUT2D eigenvalue weighted by molar-refractivity contribution is 5.88. The van der Waals surface area contributed by atoms with Gasteiger partial charge in [-0.15, -0.1) is 0 Å². The Morgan fingerprint density at radius 2 is 1.56 bits per heavy atom. The Labute approximate surface area is 189 Å². The Morgan fingerprint density at radius 1 is 0.853 bits per heavy atom. The molecule has 1 aliphatic rings. The number of hydrogen-bond donors (Lipinski definition) is 9. The summed E-state index contributed by atoms with van der Waals surface area (Å²) in [7, 11) is 0. The number of ether oxygens (including phenoxy) is 2. The molecule has 0 amide bonds. The maximum absolute atomic E-state index is 12.6. The van der Waals surface area contributed by atoms with E-state index in [0.29, 0.717) is 0 Å². The minimum Gasteiger partial charge on any atom is -0.508 e. The van der Waals surface area contributed by atoms with E-state index in [-0.39, 0.29) is 11.1 Å². The first-order valence-corrected chi connectivity index (χ1v) is 9.78. The zero-order chi connectivity index (χ0) is 24.9. The zero-order valence-electron chi connectivity index (χ0n) is 17.1. The zero-order valence-corrected chi connectivity index (χ0v) is 17.1. The molecule has 2 heterocycles. The predicted molar refractivity (Wildman–Crippen MR) is 111 cm³/mol. The first kappa shape index (κ1) is 23.4.